The summed E-state index contributed by atoms with van der Waals surface area (Å²) in [4.78, 5) is 22.8. The number of nitrogens with one attached hydrogen (secondary N) is 1. The van der Waals surface area contributed by atoms with Gasteiger partial charge in [-0.3, -0.25) is 9.59 Å². The van der Waals surface area contributed by atoms with Crippen molar-refractivity contribution in [2.45, 2.75) is 44.9 Å². The Bertz CT molecular complexity index is 512. The topological polar surface area (TPSA) is 66.4 Å². The summed E-state index contributed by atoms with van der Waals surface area (Å²) in [6.07, 6.45) is 2.32. The molecule has 0 radical (unpaired) electrons. The van der Waals surface area contributed by atoms with E-state index in [4.69, 9.17) is 5.11 Å². The molecule has 1 saturated carbocycles. The zero-order valence-corrected chi connectivity index (χ0v) is 12.0. The predicted molar refractivity (Wildman–Crippen MR) is 76.7 cm³/mol. The first-order chi connectivity index (χ1) is 9.44. The fraction of sp³-hybridized carbons (Fsp3) is 0.500. The summed E-state index contributed by atoms with van der Waals surface area (Å²) in [5, 5.41) is 11.5. The number of carbonyl (C=O) groups excluding carboxylic acids is 1. The van der Waals surface area contributed by atoms with Gasteiger partial charge in [0.2, 0.25) is 5.91 Å². The van der Waals surface area contributed by atoms with Crippen LogP contribution in [0.3, 0.4) is 0 Å². The van der Waals surface area contributed by atoms with E-state index in [0.717, 1.165) is 18.4 Å². The number of hydrogen-bond acceptors (Lipinski definition) is 2. The molecule has 0 atom stereocenters. The molecule has 4 heteroatoms. The molecular weight excluding hydrogens is 254 g/mol. The van der Waals surface area contributed by atoms with Gasteiger partial charge in [0.15, 0.2) is 0 Å². The molecule has 1 aromatic carbocycles. The Morgan fingerprint density at radius 3 is 2.30 bits per heavy atom. The van der Waals surface area contributed by atoms with Crippen molar-refractivity contribution in [1.82, 2.24) is 5.32 Å². The molecule has 1 aliphatic carbocycles. The summed E-state index contributed by atoms with van der Waals surface area (Å²) in [6.45, 7) is 4.51. The largest absolute Gasteiger partial charge is 0.481 e. The Morgan fingerprint density at radius 2 is 1.80 bits per heavy atom. The SMILES string of the molecule is Cc1cc(C)cc(C2(C(=O)NCCCC(=O)O)CC2)c1. The van der Waals surface area contributed by atoms with E-state index in [1.54, 1.807) is 0 Å². The maximum absolute atomic E-state index is 12.3. The van der Waals surface area contributed by atoms with E-state index in [1.165, 1.54) is 11.1 Å². The van der Waals surface area contributed by atoms with Gasteiger partial charge >= 0.3 is 5.97 Å². The van der Waals surface area contributed by atoms with Crippen LogP contribution in [0.2, 0.25) is 0 Å². The van der Waals surface area contributed by atoms with Gasteiger partial charge in [-0.25, -0.2) is 0 Å². The van der Waals surface area contributed by atoms with Crippen LogP contribution in [0.5, 0.6) is 0 Å². The van der Waals surface area contributed by atoms with Crippen LogP contribution in [-0.2, 0) is 15.0 Å². The molecule has 108 valence electrons. The van der Waals surface area contributed by atoms with E-state index < -0.39 is 5.97 Å². The van der Waals surface area contributed by atoms with E-state index >= 15 is 0 Å². The summed E-state index contributed by atoms with van der Waals surface area (Å²) >= 11 is 0. The van der Waals surface area contributed by atoms with Gasteiger partial charge in [-0.2, -0.15) is 0 Å². The molecule has 4 nitrogen and oxygen atoms in total. The zero-order chi connectivity index (χ0) is 14.8. The molecule has 1 amide bonds. The molecule has 0 heterocycles. The molecule has 0 spiro atoms. The monoisotopic (exact) mass is 275 g/mol. The lowest BCUT2D eigenvalue weighted by molar-refractivity contribution is -0.137. The third kappa shape index (κ3) is 3.18. The molecule has 2 rings (SSSR count). The number of amides is 1. The first-order valence-electron chi connectivity index (χ1n) is 7.03. The molecule has 1 fully saturated rings. The van der Waals surface area contributed by atoms with E-state index in [2.05, 4.69) is 23.5 Å². The number of aryl methyl sites for hydroxylation is 2. The van der Waals surface area contributed by atoms with Gasteiger partial charge in [0.1, 0.15) is 0 Å². The standard InChI is InChI=1S/C16H21NO3/c1-11-8-12(2)10-13(9-11)16(5-6-16)15(20)17-7-3-4-14(18)19/h8-10H,3-7H2,1-2H3,(H,17,20)(H,18,19). The van der Waals surface area contributed by atoms with Gasteiger partial charge in [0.05, 0.1) is 5.41 Å². The van der Waals surface area contributed by atoms with Crippen molar-refractivity contribution in [1.29, 1.82) is 0 Å². The van der Waals surface area contributed by atoms with Crippen LogP contribution in [0.25, 0.3) is 0 Å². The van der Waals surface area contributed by atoms with Crippen LogP contribution >= 0.6 is 0 Å². The lowest BCUT2D eigenvalue weighted by atomic mass is 9.92. The number of hydrogen-bond donors (Lipinski definition) is 2. The predicted octanol–water partition coefficient (Wildman–Crippen LogP) is 2.32. The molecule has 1 aromatic rings. The minimum Gasteiger partial charge on any atom is -0.481 e. The summed E-state index contributed by atoms with van der Waals surface area (Å²) in [7, 11) is 0. The lowest BCUT2D eigenvalue weighted by Gasteiger charge is -2.17. The highest BCUT2D eigenvalue weighted by atomic mass is 16.4. The highest BCUT2D eigenvalue weighted by molar-refractivity contribution is 5.91. The fourth-order valence-corrected chi connectivity index (χ4v) is 2.63. The Hall–Kier alpha value is -1.84. The molecule has 0 aromatic heterocycles. The number of rotatable bonds is 6. The van der Waals surface area contributed by atoms with Crippen molar-refractivity contribution in [3.05, 3.63) is 34.9 Å². The number of carboxylic acids is 1. The normalized spacial score (nSPS) is 15.7. The number of carboxylic acid groups (broad SMARTS) is 1. The molecule has 0 saturated heterocycles. The Kier molecular flexibility index (Phi) is 4.12. The fourth-order valence-electron chi connectivity index (χ4n) is 2.63. The molecule has 0 bridgehead atoms. The number of benzene rings is 1. The average Bonchev–Trinajstić information content (AvgIpc) is 3.14. The van der Waals surface area contributed by atoms with Gasteiger partial charge in [-0.05, 0) is 38.7 Å². The second-order valence-electron chi connectivity index (χ2n) is 5.71. The number of carbonyl (C=O) groups is 2. The van der Waals surface area contributed by atoms with Gasteiger partial charge < -0.3 is 10.4 Å². The summed E-state index contributed by atoms with van der Waals surface area (Å²) in [5.74, 6) is -0.789. The van der Waals surface area contributed by atoms with Gasteiger partial charge in [-0.1, -0.05) is 29.3 Å². The first-order valence-corrected chi connectivity index (χ1v) is 7.03. The summed E-state index contributed by atoms with van der Waals surface area (Å²) in [5.41, 5.74) is 3.06. The van der Waals surface area contributed by atoms with Gasteiger partial charge in [0, 0.05) is 13.0 Å². The van der Waals surface area contributed by atoms with Crippen LogP contribution < -0.4 is 5.32 Å². The van der Waals surface area contributed by atoms with Crippen molar-refractivity contribution >= 4 is 11.9 Å². The third-order valence-corrected chi connectivity index (χ3v) is 3.81. The van der Waals surface area contributed by atoms with Crippen molar-refractivity contribution in [3.63, 3.8) is 0 Å². The molecule has 0 aliphatic heterocycles. The molecular formula is C16H21NO3. The van der Waals surface area contributed by atoms with Crippen LogP contribution in [0.4, 0.5) is 0 Å². The lowest BCUT2D eigenvalue weighted by Crippen LogP contribution is -2.35. The highest BCUT2D eigenvalue weighted by Crippen LogP contribution is 2.48. The van der Waals surface area contributed by atoms with E-state index in [-0.39, 0.29) is 17.7 Å². The van der Waals surface area contributed by atoms with Crippen LogP contribution in [0.1, 0.15) is 42.4 Å². The van der Waals surface area contributed by atoms with Crippen molar-refractivity contribution in [3.8, 4) is 0 Å². The van der Waals surface area contributed by atoms with Crippen molar-refractivity contribution < 1.29 is 14.7 Å². The van der Waals surface area contributed by atoms with Crippen molar-refractivity contribution in [2.24, 2.45) is 0 Å². The van der Waals surface area contributed by atoms with Crippen molar-refractivity contribution in [2.75, 3.05) is 6.54 Å². The highest BCUT2D eigenvalue weighted by Gasteiger charge is 2.51. The smallest absolute Gasteiger partial charge is 0.303 e. The maximum Gasteiger partial charge on any atom is 0.303 e. The third-order valence-electron chi connectivity index (χ3n) is 3.81. The minimum atomic E-state index is -0.824. The number of aliphatic carboxylic acids is 1. The Balaban J connectivity index is 1.99. The molecule has 0 unspecified atom stereocenters. The van der Waals surface area contributed by atoms with Crippen LogP contribution in [0.15, 0.2) is 18.2 Å². The molecule has 2 N–H and O–H groups in total. The summed E-state index contributed by atoms with van der Waals surface area (Å²) < 4.78 is 0. The van der Waals surface area contributed by atoms with Gasteiger partial charge in [0.25, 0.3) is 0 Å². The zero-order valence-electron chi connectivity index (χ0n) is 12.0. The van der Waals surface area contributed by atoms with Crippen LogP contribution in [0, 0.1) is 13.8 Å². The van der Waals surface area contributed by atoms with E-state index in [1.807, 2.05) is 13.8 Å². The van der Waals surface area contributed by atoms with E-state index in [0.29, 0.717) is 13.0 Å². The molecule has 1 aliphatic rings. The Labute approximate surface area is 119 Å². The quantitative estimate of drug-likeness (QED) is 0.783. The summed E-state index contributed by atoms with van der Waals surface area (Å²) in [6, 6.07) is 6.26. The molecule has 20 heavy (non-hydrogen) atoms. The Morgan fingerprint density at radius 1 is 1.20 bits per heavy atom. The van der Waals surface area contributed by atoms with Gasteiger partial charge in [-0.15, -0.1) is 0 Å². The van der Waals surface area contributed by atoms with Crippen LogP contribution in [-0.4, -0.2) is 23.5 Å². The first kappa shape index (κ1) is 14.6. The average molecular weight is 275 g/mol. The second kappa shape index (κ2) is 5.65. The maximum atomic E-state index is 12.3. The minimum absolute atomic E-state index is 0.0351. The van der Waals surface area contributed by atoms with E-state index in [9.17, 15) is 9.59 Å². The second-order valence-corrected chi connectivity index (χ2v) is 5.71.